The van der Waals surface area contributed by atoms with Crippen LogP contribution in [0.4, 0.5) is 11.4 Å². The van der Waals surface area contributed by atoms with Gasteiger partial charge in [-0.3, -0.25) is 4.79 Å². The summed E-state index contributed by atoms with van der Waals surface area (Å²) in [4.78, 5) is 22.0. The Morgan fingerprint density at radius 1 is 0.943 bits per heavy atom. The lowest BCUT2D eigenvalue weighted by atomic mass is 9.98. The molecule has 1 amide bonds. The lowest BCUT2D eigenvalue weighted by molar-refractivity contribution is 0.0990. The van der Waals surface area contributed by atoms with Crippen LogP contribution in [0, 0.1) is 6.92 Å². The highest BCUT2D eigenvalue weighted by atomic mass is 32.1. The number of rotatable bonds is 3. The monoisotopic (exact) mass is 475 g/mol. The lowest BCUT2D eigenvalue weighted by Crippen LogP contribution is -2.35. The van der Waals surface area contributed by atoms with E-state index < -0.39 is 0 Å². The van der Waals surface area contributed by atoms with Crippen LogP contribution in [0.25, 0.3) is 32.6 Å². The average molecular weight is 476 g/mol. The number of nitrogens with two attached hydrogens (primary N) is 1. The van der Waals surface area contributed by atoms with Crippen LogP contribution in [0.1, 0.15) is 27.2 Å². The maximum atomic E-state index is 13.8. The van der Waals surface area contributed by atoms with Gasteiger partial charge in [0, 0.05) is 23.2 Å². The Hall–Kier alpha value is -3.96. The van der Waals surface area contributed by atoms with Crippen LogP contribution in [0.3, 0.4) is 0 Å². The maximum Gasteiger partial charge on any atom is 0.270 e. The minimum Gasteiger partial charge on any atom is -0.397 e. The van der Waals surface area contributed by atoms with Crippen molar-refractivity contribution in [2.24, 2.45) is 0 Å². The summed E-state index contributed by atoms with van der Waals surface area (Å²) >= 11 is 1.39. The quantitative estimate of drug-likeness (QED) is 0.302. The van der Waals surface area contributed by atoms with E-state index >= 15 is 0 Å². The predicted octanol–water partition coefficient (Wildman–Crippen LogP) is 7.11. The van der Waals surface area contributed by atoms with E-state index in [1.165, 1.54) is 22.5 Å². The average Bonchev–Trinajstić information content (AvgIpc) is 3.24. The number of thiophene rings is 1. The van der Waals surface area contributed by atoms with Crippen molar-refractivity contribution in [1.29, 1.82) is 0 Å². The van der Waals surface area contributed by atoms with Gasteiger partial charge in [-0.1, -0.05) is 78.4 Å². The van der Waals surface area contributed by atoms with Crippen molar-refractivity contribution in [3.63, 3.8) is 0 Å². The van der Waals surface area contributed by atoms with Gasteiger partial charge in [-0.05, 0) is 48.6 Å². The van der Waals surface area contributed by atoms with Gasteiger partial charge in [0.2, 0.25) is 0 Å². The van der Waals surface area contributed by atoms with Crippen LogP contribution < -0.4 is 10.6 Å². The van der Waals surface area contributed by atoms with E-state index in [9.17, 15) is 4.79 Å². The molecule has 2 aromatic heterocycles. The SMILES string of the molecule is Cc1ccc(-c2cc(-c3ccccc3)nc3sc(C(=O)N4CCCc5ccccc54)c(N)c23)cc1. The lowest BCUT2D eigenvalue weighted by Gasteiger charge is -2.29. The molecule has 6 rings (SSSR count). The normalized spacial score (nSPS) is 13.1. The Morgan fingerprint density at radius 3 is 2.49 bits per heavy atom. The third-order valence-electron chi connectivity index (χ3n) is 6.68. The maximum absolute atomic E-state index is 13.8. The third kappa shape index (κ3) is 3.78. The van der Waals surface area contributed by atoms with E-state index in [1.54, 1.807) is 0 Å². The zero-order valence-electron chi connectivity index (χ0n) is 19.5. The number of fused-ring (bicyclic) bond motifs is 2. The highest BCUT2D eigenvalue weighted by Gasteiger charge is 2.28. The van der Waals surface area contributed by atoms with Crippen molar-refractivity contribution in [3.05, 3.63) is 101 Å². The topological polar surface area (TPSA) is 59.2 Å². The molecule has 0 saturated carbocycles. The Kier molecular flexibility index (Phi) is 5.34. The fourth-order valence-electron chi connectivity index (χ4n) is 4.86. The summed E-state index contributed by atoms with van der Waals surface area (Å²) in [7, 11) is 0. The summed E-state index contributed by atoms with van der Waals surface area (Å²) < 4.78 is 0. The van der Waals surface area contributed by atoms with Crippen molar-refractivity contribution < 1.29 is 4.79 Å². The number of pyridine rings is 1. The second-order valence-electron chi connectivity index (χ2n) is 9.00. The van der Waals surface area contributed by atoms with Crippen LogP contribution in [-0.2, 0) is 6.42 Å². The van der Waals surface area contributed by atoms with E-state index in [4.69, 9.17) is 10.7 Å². The summed E-state index contributed by atoms with van der Waals surface area (Å²) in [6, 6.07) is 28.8. The Labute approximate surface area is 208 Å². The highest BCUT2D eigenvalue weighted by molar-refractivity contribution is 7.21. The molecule has 3 heterocycles. The molecule has 5 aromatic rings. The number of amides is 1. The number of carbonyl (C=O) groups is 1. The standard InChI is InChI=1S/C30H25N3OS/c1-19-13-15-20(16-14-19)23-18-24(21-8-3-2-4-9-21)32-29-26(23)27(31)28(35-29)30(34)33-17-7-11-22-10-5-6-12-25(22)33/h2-6,8-10,12-16,18H,7,11,17,31H2,1H3. The van der Waals surface area contributed by atoms with Crippen LogP contribution in [0.2, 0.25) is 0 Å². The minimum atomic E-state index is -0.0474. The number of anilines is 2. The molecule has 0 saturated heterocycles. The van der Waals surface area contributed by atoms with Gasteiger partial charge in [-0.15, -0.1) is 11.3 Å². The molecule has 0 unspecified atom stereocenters. The number of aromatic nitrogens is 1. The molecule has 0 aliphatic carbocycles. The van der Waals surface area contributed by atoms with E-state index in [-0.39, 0.29) is 5.91 Å². The number of hydrogen-bond acceptors (Lipinski definition) is 4. The van der Waals surface area contributed by atoms with Gasteiger partial charge >= 0.3 is 0 Å². The molecule has 0 atom stereocenters. The number of para-hydroxylation sites is 1. The highest BCUT2D eigenvalue weighted by Crippen LogP contribution is 2.42. The first-order valence-corrected chi connectivity index (χ1v) is 12.7. The van der Waals surface area contributed by atoms with Crippen molar-refractivity contribution in [2.45, 2.75) is 19.8 Å². The van der Waals surface area contributed by atoms with Crippen LogP contribution in [0.15, 0.2) is 84.9 Å². The van der Waals surface area contributed by atoms with Gasteiger partial charge in [-0.2, -0.15) is 0 Å². The number of aryl methyl sites for hydroxylation is 2. The molecule has 3 aromatic carbocycles. The smallest absolute Gasteiger partial charge is 0.270 e. The summed E-state index contributed by atoms with van der Waals surface area (Å²) in [5, 5.41) is 0.854. The first-order valence-electron chi connectivity index (χ1n) is 11.9. The largest absolute Gasteiger partial charge is 0.397 e. The van der Waals surface area contributed by atoms with E-state index in [0.29, 0.717) is 17.1 Å². The van der Waals surface area contributed by atoms with Gasteiger partial charge in [0.15, 0.2) is 0 Å². The van der Waals surface area contributed by atoms with Gasteiger partial charge in [0.25, 0.3) is 5.91 Å². The number of carbonyl (C=O) groups excluding carboxylic acids is 1. The predicted molar refractivity (Wildman–Crippen MR) is 146 cm³/mol. The van der Waals surface area contributed by atoms with Crippen molar-refractivity contribution in [2.75, 3.05) is 17.2 Å². The Morgan fingerprint density at radius 2 is 1.69 bits per heavy atom. The van der Waals surface area contributed by atoms with E-state index in [2.05, 4.69) is 55.5 Å². The van der Waals surface area contributed by atoms with E-state index in [1.807, 2.05) is 41.3 Å². The summed E-state index contributed by atoms with van der Waals surface area (Å²) in [5.41, 5.74) is 14.6. The zero-order chi connectivity index (χ0) is 23.9. The molecule has 1 aliphatic rings. The molecular weight excluding hydrogens is 450 g/mol. The fourth-order valence-corrected chi connectivity index (χ4v) is 5.93. The number of hydrogen-bond donors (Lipinski definition) is 1. The molecule has 2 N–H and O–H groups in total. The summed E-state index contributed by atoms with van der Waals surface area (Å²) in [5.74, 6) is -0.0474. The number of benzene rings is 3. The minimum absolute atomic E-state index is 0.0474. The molecule has 4 nitrogen and oxygen atoms in total. The molecule has 1 aliphatic heterocycles. The second kappa shape index (κ2) is 8.67. The molecule has 172 valence electrons. The molecule has 35 heavy (non-hydrogen) atoms. The molecule has 0 fully saturated rings. The summed E-state index contributed by atoms with van der Waals surface area (Å²) in [6.07, 6.45) is 1.93. The first kappa shape index (κ1) is 21.6. The van der Waals surface area contributed by atoms with Gasteiger partial charge in [0.1, 0.15) is 9.71 Å². The molecule has 0 radical (unpaired) electrons. The van der Waals surface area contributed by atoms with E-state index in [0.717, 1.165) is 51.1 Å². The Balaban J connectivity index is 1.54. The second-order valence-corrected chi connectivity index (χ2v) is 10.0. The van der Waals surface area contributed by atoms with Crippen molar-refractivity contribution in [3.8, 4) is 22.4 Å². The summed E-state index contributed by atoms with van der Waals surface area (Å²) in [6.45, 7) is 2.77. The number of nitrogen functional groups attached to an aromatic ring is 1. The molecule has 0 spiro atoms. The molecule has 0 bridgehead atoms. The van der Waals surface area contributed by atoms with Crippen molar-refractivity contribution >= 4 is 38.8 Å². The van der Waals surface area contributed by atoms with Crippen LogP contribution in [-0.4, -0.2) is 17.4 Å². The van der Waals surface area contributed by atoms with Gasteiger partial charge < -0.3 is 10.6 Å². The number of nitrogens with zero attached hydrogens (tertiary/aromatic N) is 2. The van der Waals surface area contributed by atoms with Gasteiger partial charge in [-0.25, -0.2) is 4.98 Å². The van der Waals surface area contributed by atoms with Crippen LogP contribution in [0.5, 0.6) is 0 Å². The molecular formula is C30H25N3OS. The first-order chi connectivity index (χ1) is 17.1. The zero-order valence-corrected chi connectivity index (χ0v) is 20.3. The fraction of sp³-hybridized carbons (Fsp3) is 0.133. The molecule has 5 heteroatoms. The van der Waals surface area contributed by atoms with Crippen molar-refractivity contribution in [1.82, 2.24) is 4.98 Å². The third-order valence-corrected chi connectivity index (χ3v) is 7.77. The van der Waals surface area contributed by atoms with Gasteiger partial charge in [0.05, 0.1) is 11.4 Å². The Bertz CT molecular complexity index is 1550. The van der Waals surface area contributed by atoms with Crippen LogP contribution >= 0.6 is 11.3 Å².